The Morgan fingerprint density at radius 1 is 1.42 bits per heavy atom. The van der Waals surface area contributed by atoms with E-state index in [1.807, 2.05) is 11.8 Å². The average molecular weight is 259 g/mol. The SMILES string of the molecule is CCN1C(=O)CC(N)C1c1ccc2c(c1)CCN2C. The molecule has 0 aliphatic carbocycles. The topological polar surface area (TPSA) is 49.6 Å². The van der Waals surface area contributed by atoms with Crippen LogP contribution in [-0.2, 0) is 11.2 Å². The number of nitrogens with two attached hydrogens (primary N) is 1. The fourth-order valence-corrected chi connectivity index (χ4v) is 3.39. The van der Waals surface area contributed by atoms with Crippen LogP contribution in [0.2, 0.25) is 0 Å². The van der Waals surface area contributed by atoms with Crippen LogP contribution in [0.3, 0.4) is 0 Å². The van der Waals surface area contributed by atoms with Gasteiger partial charge in [-0.1, -0.05) is 12.1 Å². The summed E-state index contributed by atoms with van der Waals surface area (Å²) in [6.45, 7) is 3.82. The van der Waals surface area contributed by atoms with Crippen molar-refractivity contribution in [1.29, 1.82) is 0 Å². The summed E-state index contributed by atoms with van der Waals surface area (Å²) in [7, 11) is 2.12. The third kappa shape index (κ3) is 1.91. The third-order valence-electron chi connectivity index (χ3n) is 4.39. The van der Waals surface area contributed by atoms with Crippen molar-refractivity contribution in [3.8, 4) is 0 Å². The highest BCUT2D eigenvalue weighted by atomic mass is 16.2. The van der Waals surface area contributed by atoms with Crippen molar-refractivity contribution in [2.45, 2.75) is 31.8 Å². The molecule has 2 atom stereocenters. The Hall–Kier alpha value is -1.55. The Morgan fingerprint density at radius 2 is 2.21 bits per heavy atom. The predicted molar refractivity (Wildman–Crippen MR) is 76.1 cm³/mol. The highest BCUT2D eigenvalue weighted by Crippen LogP contribution is 2.35. The molecule has 3 rings (SSSR count). The lowest BCUT2D eigenvalue weighted by atomic mass is 9.98. The van der Waals surface area contributed by atoms with Gasteiger partial charge < -0.3 is 15.5 Å². The smallest absolute Gasteiger partial charge is 0.224 e. The van der Waals surface area contributed by atoms with Crippen LogP contribution < -0.4 is 10.6 Å². The van der Waals surface area contributed by atoms with E-state index in [9.17, 15) is 4.79 Å². The van der Waals surface area contributed by atoms with Gasteiger partial charge in [0.05, 0.1) is 6.04 Å². The Balaban J connectivity index is 1.96. The normalized spacial score (nSPS) is 26.2. The van der Waals surface area contributed by atoms with E-state index in [2.05, 4.69) is 30.1 Å². The maximum absolute atomic E-state index is 11.9. The third-order valence-corrected chi connectivity index (χ3v) is 4.39. The van der Waals surface area contributed by atoms with Crippen molar-refractivity contribution in [2.24, 2.45) is 5.73 Å². The molecule has 0 saturated carbocycles. The molecule has 2 aliphatic heterocycles. The molecule has 2 heterocycles. The van der Waals surface area contributed by atoms with Crippen LogP contribution in [0, 0.1) is 0 Å². The summed E-state index contributed by atoms with van der Waals surface area (Å²) in [6, 6.07) is 6.51. The van der Waals surface area contributed by atoms with Crippen LogP contribution >= 0.6 is 0 Å². The van der Waals surface area contributed by atoms with Crippen molar-refractivity contribution >= 4 is 11.6 Å². The van der Waals surface area contributed by atoms with E-state index >= 15 is 0 Å². The van der Waals surface area contributed by atoms with E-state index in [1.165, 1.54) is 16.8 Å². The van der Waals surface area contributed by atoms with Crippen molar-refractivity contribution in [2.75, 3.05) is 25.0 Å². The standard InChI is InChI=1S/C15H21N3O/c1-3-18-14(19)9-12(16)15(18)11-4-5-13-10(8-11)6-7-17(13)2/h4-5,8,12,15H,3,6-7,9,16H2,1-2H3. The van der Waals surface area contributed by atoms with Gasteiger partial charge >= 0.3 is 0 Å². The van der Waals surface area contributed by atoms with Crippen molar-refractivity contribution in [1.82, 2.24) is 4.90 Å². The van der Waals surface area contributed by atoms with Gasteiger partial charge in [-0.3, -0.25) is 4.79 Å². The fraction of sp³-hybridized carbons (Fsp3) is 0.533. The summed E-state index contributed by atoms with van der Waals surface area (Å²) < 4.78 is 0. The number of amides is 1. The molecule has 2 aliphatic rings. The number of rotatable bonds is 2. The van der Waals surface area contributed by atoms with Gasteiger partial charge in [0.15, 0.2) is 0 Å². The molecule has 1 aromatic rings. The van der Waals surface area contributed by atoms with E-state index in [1.54, 1.807) is 0 Å². The number of carbonyl (C=O) groups excluding carboxylic acids is 1. The van der Waals surface area contributed by atoms with E-state index in [-0.39, 0.29) is 18.0 Å². The number of likely N-dealkylation sites (tertiary alicyclic amines) is 1. The number of likely N-dealkylation sites (N-methyl/N-ethyl adjacent to an activating group) is 2. The van der Waals surface area contributed by atoms with Crippen LogP contribution in [0.1, 0.15) is 30.5 Å². The molecule has 19 heavy (non-hydrogen) atoms. The Kier molecular flexibility index (Phi) is 2.97. The van der Waals surface area contributed by atoms with E-state index in [0.717, 1.165) is 19.5 Å². The zero-order valence-electron chi connectivity index (χ0n) is 11.6. The number of fused-ring (bicyclic) bond motifs is 1. The molecule has 1 aromatic carbocycles. The molecule has 102 valence electrons. The summed E-state index contributed by atoms with van der Waals surface area (Å²) >= 11 is 0. The summed E-state index contributed by atoms with van der Waals surface area (Å²) in [6.07, 6.45) is 1.55. The second-order valence-corrected chi connectivity index (χ2v) is 5.55. The van der Waals surface area contributed by atoms with Crippen LogP contribution in [-0.4, -0.2) is 37.0 Å². The summed E-state index contributed by atoms with van der Waals surface area (Å²) in [5.41, 5.74) is 10.0. The summed E-state index contributed by atoms with van der Waals surface area (Å²) in [5, 5.41) is 0. The molecule has 4 nitrogen and oxygen atoms in total. The molecule has 0 spiro atoms. The molecule has 0 radical (unpaired) electrons. The molecule has 0 aromatic heterocycles. The van der Waals surface area contributed by atoms with Gasteiger partial charge in [0, 0.05) is 38.3 Å². The highest BCUT2D eigenvalue weighted by molar-refractivity contribution is 5.80. The van der Waals surface area contributed by atoms with Gasteiger partial charge in [-0.2, -0.15) is 0 Å². The van der Waals surface area contributed by atoms with Crippen LogP contribution in [0.25, 0.3) is 0 Å². The maximum Gasteiger partial charge on any atom is 0.224 e. The van der Waals surface area contributed by atoms with Crippen LogP contribution in [0.15, 0.2) is 18.2 Å². The van der Waals surface area contributed by atoms with Crippen LogP contribution in [0.5, 0.6) is 0 Å². The lowest BCUT2D eigenvalue weighted by Crippen LogP contribution is -2.32. The largest absolute Gasteiger partial charge is 0.374 e. The van der Waals surface area contributed by atoms with Gasteiger partial charge in [-0.05, 0) is 30.5 Å². The zero-order chi connectivity index (χ0) is 13.6. The van der Waals surface area contributed by atoms with Gasteiger partial charge in [0.1, 0.15) is 0 Å². The summed E-state index contributed by atoms with van der Waals surface area (Å²) in [5.74, 6) is 0.178. The quantitative estimate of drug-likeness (QED) is 0.871. The minimum absolute atomic E-state index is 0.0497. The molecule has 2 N–H and O–H groups in total. The number of hydrogen-bond acceptors (Lipinski definition) is 3. The fourth-order valence-electron chi connectivity index (χ4n) is 3.39. The van der Waals surface area contributed by atoms with Gasteiger partial charge in [0.25, 0.3) is 0 Å². The van der Waals surface area contributed by atoms with Gasteiger partial charge in [-0.15, -0.1) is 0 Å². The Labute approximate surface area is 114 Å². The lowest BCUT2D eigenvalue weighted by molar-refractivity contribution is -0.128. The number of benzene rings is 1. The first kappa shape index (κ1) is 12.5. The van der Waals surface area contributed by atoms with E-state index in [0.29, 0.717) is 6.42 Å². The predicted octanol–water partition coefficient (Wildman–Crippen LogP) is 1.30. The molecule has 1 amide bonds. The Morgan fingerprint density at radius 3 is 2.95 bits per heavy atom. The molecule has 1 saturated heterocycles. The van der Waals surface area contributed by atoms with E-state index in [4.69, 9.17) is 5.73 Å². The monoisotopic (exact) mass is 259 g/mol. The van der Waals surface area contributed by atoms with Gasteiger partial charge in [-0.25, -0.2) is 0 Å². The lowest BCUT2D eigenvalue weighted by Gasteiger charge is -2.26. The minimum Gasteiger partial charge on any atom is -0.374 e. The Bertz CT molecular complexity index is 514. The first-order valence-corrected chi connectivity index (χ1v) is 7.01. The number of anilines is 1. The molecule has 1 fully saturated rings. The van der Waals surface area contributed by atoms with Crippen molar-refractivity contribution < 1.29 is 4.79 Å². The number of hydrogen-bond donors (Lipinski definition) is 1. The molecular weight excluding hydrogens is 238 g/mol. The molecule has 4 heteroatoms. The maximum atomic E-state index is 11.9. The van der Waals surface area contributed by atoms with Gasteiger partial charge in [0.2, 0.25) is 5.91 Å². The summed E-state index contributed by atoms with van der Waals surface area (Å²) in [4.78, 5) is 16.1. The number of nitrogens with zero attached hydrogens (tertiary/aromatic N) is 2. The van der Waals surface area contributed by atoms with Crippen molar-refractivity contribution in [3.05, 3.63) is 29.3 Å². The van der Waals surface area contributed by atoms with E-state index < -0.39 is 0 Å². The average Bonchev–Trinajstić information content (AvgIpc) is 2.89. The van der Waals surface area contributed by atoms with Crippen LogP contribution in [0.4, 0.5) is 5.69 Å². The molecule has 2 unspecified atom stereocenters. The minimum atomic E-state index is -0.0790. The first-order valence-electron chi connectivity index (χ1n) is 7.01. The molecule has 0 bridgehead atoms. The highest BCUT2D eigenvalue weighted by Gasteiger charge is 2.37. The zero-order valence-corrected chi connectivity index (χ0v) is 11.6. The second-order valence-electron chi connectivity index (χ2n) is 5.55. The van der Waals surface area contributed by atoms with Crippen molar-refractivity contribution in [3.63, 3.8) is 0 Å². The first-order chi connectivity index (χ1) is 9.11. The molecular formula is C15H21N3O. The second kappa shape index (κ2) is 4.53. The number of carbonyl (C=O) groups is 1.